The molecule has 5 N–H and O–H groups in total. The van der Waals surface area contributed by atoms with Crippen LogP contribution in [-0.2, 0) is 4.79 Å². The molecule has 0 saturated heterocycles. The minimum atomic E-state index is -1.28. The van der Waals surface area contributed by atoms with Gasteiger partial charge in [-0.3, -0.25) is 4.79 Å². The highest BCUT2D eigenvalue weighted by Crippen LogP contribution is 2.15. The Morgan fingerprint density at radius 1 is 0.490 bits per heavy atom. The Balaban J connectivity index is 3.61. The lowest BCUT2D eigenvalue weighted by Gasteiger charge is -2.27. The van der Waals surface area contributed by atoms with Gasteiger partial charge in [0.05, 0.1) is 18.8 Å². The molecule has 0 aliphatic heterocycles. The Morgan fingerprint density at radius 3 is 1.29 bits per heavy atom. The van der Waals surface area contributed by atoms with Crippen molar-refractivity contribution >= 4 is 5.91 Å². The fourth-order valence-corrected chi connectivity index (χ4v) is 6.44. The van der Waals surface area contributed by atoms with Gasteiger partial charge in [-0.25, -0.2) is 0 Å². The van der Waals surface area contributed by atoms with Crippen LogP contribution in [0.4, 0.5) is 0 Å². The summed E-state index contributed by atoms with van der Waals surface area (Å²) in [5.74, 6) is -0.598. The van der Waals surface area contributed by atoms with Crippen LogP contribution in [0, 0.1) is 0 Å². The maximum atomic E-state index is 12.4. The minimum Gasteiger partial charge on any atom is -0.394 e. The minimum absolute atomic E-state index is 0.362. The smallest absolute Gasteiger partial charge is 0.249 e. The zero-order valence-corrected chi connectivity index (χ0v) is 32.4. The van der Waals surface area contributed by atoms with Gasteiger partial charge < -0.3 is 25.7 Å². The van der Waals surface area contributed by atoms with Crippen LogP contribution in [0.2, 0.25) is 0 Å². The van der Waals surface area contributed by atoms with Crippen LogP contribution in [-0.4, -0.2) is 57.3 Å². The molecule has 6 nitrogen and oxygen atoms in total. The number of rotatable bonds is 38. The van der Waals surface area contributed by atoms with Gasteiger partial charge in [-0.1, -0.05) is 179 Å². The standard InChI is InChI=1S/C43H83NO5/c1-3-5-7-9-11-12-13-14-15-16-17-18-19-20-21-22-23-24-25-26-27-28-29-31-33-35-37-41(47)43(49)44-39(38-45)42(48)40(46)36-34-32-30-10-8-6-4-2/h10,20-21,30,39-42,45-48H,3-9,11-19,22-29,31-38H2,1-2H3,(H,44,49)/b21-20-,30-10+. The molecule has 0 aliphatic rings. The van der Waals surface area contributed by atoms with Crippen molar-refractivity contribution in [1.29, 1.82) is 0 Å². The summed E-state index contributed by atoms with van der Waals surface area (Å²) in [4.78, 5) is 12.4. The summed E-state index contributed by atoms with van der Waals surface area (Å²) in [6, 6.07) is -0.998. The normalized spacial score (nSPS) is 14.5. The van der Waals surface area contributed by atoms with E-state index in [1.165, 1.54) is 141 Å². The van der Waals surface area contributed by atoms with E-state index in [0.29, 0.717) is 19.3 Å². The number of aliphatic hydroxyl groups is 4. The summed E-state index contributed by atoms with van der Waals surface area (Å²) in [6.45, 7) is 3.95. The quantitative estimate of drug-likeness (QED) is 0.0327. The van der Waals surface area contributed by atoms with E-state index in [4.69, 9.17) is 0 Å². The lowest BCUT2D eigenvalue weighted by Crippen LogP contribution is -2.53. The molecule has 0 heterocycles. The fourth-order valence-electron chi connectivity index (χ4n) is 6.44. The molecule has 0 radical (unpaired) electrons. The van der Waals surface area contributed by atoms with Gasteiger partial charge in [-0.05, 0) is 57.8 Å². The third-order valence-electron chi connectivity index (χ3n) is 9.88. The number of allylic oxidation sites excluding steroid dienone is 4. The van der Waals surface area contributed by atoms with Gasteiger partial charge in [0.25, 0.3) is 0 Å². The number of nitrogens with one attached hydrogen (secondary N) is 1. The van der Waals surface area contributed by atoms with Crippen molar-refractivity contribution < 1.29 is 25.2 Å². The molecule has 0 rings (SSSR count). The van der Waals surface area contributed by atoms with E-state index in [0.717, 1.165) is 38.5 Å². The topological polar surface area (TPSA) is 110 Å². The van der Waals surface area contributed by atoms with Crippen LogP contribution in [0.25, 0.3) is 0 Å². The van der Waals surface area contributed by atoms with Gasteiger partial charge in [0.2, 0.25) is 5.91 Å². The molecule has 0 aliphatic carbocycles. The van der Waals surface area contributed by atoms with E-state index in [-0.39, 0.29) is 0 Å². The van der Waals surface area contributed by atoms with Crippen LogP contribution in [0.1, 0.15) is 213 Å². The van der Waals surface area contributed by atoms with E-state index in [1.54, 1.807) is 0 Å². The zero-order chi connectivity index (χ0) is 36.0. The predicted octanol–water partition coefficient (Wildman–Crippen LogP) is 10.8. The monoisotopic (exact) mass is 694 g/mol. The highest BCUT2D eigenvalue weighted by Gasteiger charge is 2.28. The van der Waals surface area contributed by atoms with Crippen LogP contribution >= 0.6 is 0 Å². The number of carbonyl (C=O) groups is 1. The lowest BCUT2D eigenvalue weighted by molar-refractivity contribution is -0.132. The number of carbonyl (C=O) groups excluding carboxylic acids is 1. The summed E-state index contributed by atoms with van der Waals surface area (Å²) >= 11 is 0. The van der Waals surface area contributed by atoms with Gasteiger partial charge >= 0.3 is 0 Å². The zero-order valence-electron chi connectivity index (χ0n) is 32.4. The van der Waals surface area contributed by atoms with E-state index < -0.39 is 36.9 Å². The third-order valence-corrected chi connectivity index (χ3v) is 9.88. The maximum Gasteiger partial charge on any atom is 0.249 e. The number of hydrogen-bond acceptors (Lipinski definition) is 5. The first kappa shape index (κ1) is 47.8. The van der Waals surface area contributed by atoms with Gasteiger partial charge in [0.15, 0.2) is 0 Å². The van der Waals surface area contributed by atoms with Crippen molar-refractivity contribution in [3.05, 3.63) is 24.3 Å². The number of hydrogen-bond donors (Lipinski definition) is 5. The second-order valence-electron chi connectivity index (χ2n) is 14.7. The Labute approximate surface area is 304 Å². The first-order valence-electron chi connectivity index (χ1n) is 21.2. The van der Waals surface area contributed by atoms with Crippen molar-refractivity contribution in [2.24, 2.45) is 0 Å². The summed E-state index contributed by atoms with van der Waals surface area (Å²) < 4.78 is 0. The maximum absolute atomic E-state index is 12.4. The summed E-state index contributed by atoms with van der Waals surface area (Å²) in [5.41, 5.74) is 0. The Hall–Kier alpha value is -1.21. The highest BCUT2D eigenvalue weighted by molar-refractivity contribution is 5.80. The van der Waals surface area contributed by atoms with Crippen molar-refractivity contribution in [2.45, 2.75) is 237 Å². The molecule has 1 amide bonds. The molecule has 0 spiro atoms. The summed E-state index contributed by atoms with van der Waals surface area (Å²) in [6.07, 6.45) is 42.5. The van der Waals surface area contributed by atoms with Gasteiger partial charge in [-0.15, -0.1) is 0 Å². The molecule has 0 saturated carbocycles. The van der Waals surface area contributed by atoms with Gasteiger partial charge in [0, 0.05) is 0 Å². The molecule has 6 heteroatoms. The Kier molecular flexibility index (Phi) is 37.1. The van der Waals surface area contributed by atoms with E-state index in [9.17, 15) is 25.2 Å². The molecule has 4 atom stereocenters. The average Bonchev–Trinajstić information content (AvgIpc) is 3.11. The molecule has 0 aromatic rings. The number of amides is 1. The van der Waals surface area contributed by atoms with E-state index in [2.05, 4.69) is 43.5 Å². The largest absolute Gasteiger partial charge is 0.394 e. The SMILES string of the molecule is CCCC/C=C/CCCC(O)C(O)C(CO)NC(=O)C(O)CCCCCCCCCCCC/C=C\CCCCCCCCCCCCCC. The molecule has 290 valence electrons. The predicted molar refractivity (Wildman–Crippen MR) is 210 cm³/mol. The summed E-state index contributed by atoms with van der Waals surface area (Å²) in [5, 5.41) is 43.2. The highest BCUT2D eigenvalue weighted by atomic mass is 16.3. The molecule has 0 aromatic heterocycles. The number of unbranched alkanes of at least 4 members (excludes halogenated alkanes) is 25. The molecule has 0 fully saturated rings. The second kappa shape index (κ2) is 38.0. The van der Waals surface area contributed by atoms with E-state index in [1.807, 2.05) is 0 Å². The molecule has 0 bridgehead atoms. The Bertz CT molecular complexity index is 742. The van der Waals surface area contributed by atoms with Crippen molar-refractivity contribution in [2.75, 3.05) is 6.61 Å². The van der Waals surface area contributed by atoms with Crippen molar-refractivity contribution in [3.8, 4) is 0 Å². The molecule has 4 unspecified atom stereocenters. The number of aliphatic hydroxyl groups excluding tert-OH is 4. The van der Waals surface area contributed by atoms with E-state index >= 15 is 0 Å². The van der Waals surface area contributed by atoms with Crippen molar-refractivity contribution in [3.63, 3.8) is 0 Å². The lowest BCUT2D eigenvalue weighted by atomic mass is 10.00. The van der Waals surface area contributed by atoms with Gasteiger partial charge in [0.1, 0.15) is 12.2 Å². The second-order valence-corrected chi connectivity index (χ2v) is 14.7. The third kappa shape index (κ3) is 32.4. The van der Waals surface area contributed by atoms with Crippen molar-refractivity contribution in [1.82, 2.24) is 5.32 Å². The van der Waals surface area contributed by atoms with Crippen LogP contribution in [0.5, 0.6) is 0 Å². The van der Waals surface area contributed by atoms with Gasteiger partial charge in [-0.2, -0.15) is 0 Å². The molecule has 0 aromatic carbocycles. The van der Waals surface area contributed by atoms with Crippen LogP contribution in [0.3, 0.4) is 0 Å². The fraction of sp³-hybridized carbons (Fsp3) is 0.884. The first-order chi connectivity index (χ1) is 24.0. The first-order valence-corrected chi connectivity index (χ1v) is 21.2. The molecular formula is C43H83NO5. The summed E-state index contributed by atoms with van der Waals surface area (Å²) in [7, 11) is 0. The van der Waals surface area contributed by atoms with Crippen LogP contribution in [0.15, 0.2) is 24.3 Å². The molecular weight excluding hydrogens is 610 g/mol. The molecule has 49 heavy (non-hydrogen) atoms. The average molecular weight is 694 g/mol. The van der Waals surface area contributed by atoms with Crippen LogP contribution < -0.4 is 5.32 Å². The Morgan fingerprint density at radius 2 is 0.857 bits per heavy atom.